The smallest absolute Gasteiger partial charge is 0.0105 e. The van der Waals surface area contributed by atoms with E-state index in [0.29, 0.717) is 11.5 Å². The van der Waals surface area contributed by atoms with Crippen LogP contribution in [0.15, 0.2) is 0 Å². The summed E-state index contributed by atoms with van der Waals surface area (Å²) in [6.45, 7) is 4.35. The monoisotopic (exact) mass is 183 g/mol. The van der Waals surface area contributed by atoms with Crippen molar-refractivity contribution < 1.29 is 0 Å². The molecule has 1 saturated carbocycles. The molecule has 13 heavy (non-hydrogen) atoms. The molecule has 1 saturated heterocycles. The van der Waals surface area contributed by atoms with Crippen molar-refractivity contribution in [3.8, 4) is 0 Å². The minimum atomic E-state index is 0.470. The number of likely N-dealkylation sites (tertiary alicyclic amines) is 1. The minimum Gasteiger partial charge on any atom is -0.329 e. The van der Waals surface area contributed by atoms with Crippen molar-refractivity contribution in [2.45, 2.75) is 31.7 Å². The predicted molar refractivity (Wildman–Crippen MR) is 54.4 cm³/mol. The highest BCUT2D eigenvalue weighted by atomic mass is 15.2. The molecule has 0 aromatic heterocycles. The Labute approximate surface area is 80.5 Å². The summed E-state index contributed by atoms with van der Waals surface area (Å²) in [5.74, 6) is 0. The number of nitrogens with two attached hydrogens (primary N) is 2. The molecule has 3 heteroatoms. The topological polar surface area (TPSA) is 55.3 Å². The van der Waals surface area contributed by atoms with Crippen molar-refractivity contribution in [1.29, 1.82) is 0 Å². The predicted octanol–water partition coefficient (Wildman–Crippen LogP) is 0.148. The van der Waals surface area contributed by atoms with E-state index >= 15 is 0 Å². The first-order valence-electron chi connectivity index (χ1n) is 5.42. The van der Waals surface area contributed by atoms with Crippen LogP contribution in [-0.4, -0.2) is 37.1 Å². The van der Waals surface area contributed by atoms with Crippen molar-refractivity contribution in [2.75, 3.05) is 26.2 Å². The first-order valence-corrected chi connectivity index (χ1v) is 5.42. The lowest BCUT2D eigenvalue weighted by Crippen LogP contribution is -2.30. The average Bonchev–Trinajstić information content (AvgIpc) is 2.62. The third-order valence-corrected chi connectivity index (χ3v) is 3.70. The highest BCUT2D eigenvalue weighted by Crippen LogP contribution is 2.44. The fourth-order valence-corrected chi connectivity index (χ4v) is 3.02. The first kappa shape index (κ1) is 9.44. The van der Waals surface area contributed by atoms with Gasteiger partial charge in [0.1, 0.15) is 0 Å². The molecule has 2 atom stereocenters. The Morgan fingerprint density at radius 3 is 2.85 bits per heavy atom. The van der Waals surface area contributed by atoms with Crippen LogP contribution in [0, 0.1) is 5.41 Å². The molecule has 1 aliphatic heterocycles. The molecule has 0 amide bonds. The highest BCUT2D eigenvalue weighted by Gasteiger charge is 2.42. The van der Waals surface area contributed by atoms with Crippen LogP contribution in [-0.2, 0) is 0 Å². The summed E-state index contributed by atoms with van der Waals surface area (Å²) in [5, 5.41) is 0. The molecule has 76 valence electrons. The van der Waals surface area contributed by atoms with E-state index in [1.807, 2.05) is 0 Å². The standard InChI is InChI=1S/C10H21N3/c11-4-6-13-5-3-10(8-13)2-1-9(12)7-10/h9H,1-8,11-12H2/t9-,10+/m1/s1. The summed E-state index contributed by atoms with van der Waals surface area (Å²) in [4.78, 5) is 2.50. The lowest BCUT2D eigenvalue weighted by Gasteiger charge is -2.23. The van der Waals surface area contributed by atoms with Crippen molar-refractivity contribution in [1.82, 2.24) is 4.90 Å². The van der Waals surface area contributed by atoms with Crippen LogP contribution in [0.2, 0.25) is 0 Å². The summed E-state index contributed by atoms with van der Waals surface area (Å²) in [5.41, 5.74) is 12.1. The van der Waals surface area contributed by atoms with Gasteiger partial charge in [0.05, 0.1) is 0 Å². The van der Waals surface area contributed by atoms with E-state index in [0.717, 1.165) is 13.1 Å². The SMILES string of the molecule is NCCN1CC[C@]2(CC[C@@H](N)C2)C1. The molecule has 2 fully saturated rings. The summed E-state index contributed by atoms with van der Waals surface area (Å²) >= 11 is 0. The molecular formula is C10H21N3. The maximum atomic E-state index is 5.97. The first-order chi connectivity index (χ1) is 6.24. The largest absolute Gasteiger partial charge is 0.329 e. The lowest BCUT2D eigenvalue weighted by molar-refractivity contribution is 0.263. The number of nitrogens with zero attached hydrogens (tertiary/aromatic N) is 1. The normalized spacial score (nSPS) is 40.6. The summed E-state index contributed by atoms with van der Waals surface area (Å²) < 4.78 is 0. The van der Waals surface area contributed by atoms with Gasteiger partial charge in [-0.1, -0.05) is 0 Å². The molecule has 1 heterocycles. The molecule has 4 N–H and O–H groups in total. The Hall–Kier alpha value is -0.120. The lowest BCUT2D eigenvalue weighted by atomic mass is 9.85. The summed E-state index contributed by atoms with van der Waals surface area (Å²) in [6, 6.07) is 0.470. The van der Waals surface area contributed by atoms with Gasteiger partial charge in [0.2, 0.25) is 0 Å². The Morgan fingerprint density at radius 1 is 1.38 bits per heavy atom. The van der Waals surface area contributed by atoms with Gasteiger partial charge in [0, 0.05) is 25.7 Å². The van der Waals surface area contributed by atoms with Crippen LogP contribution in [0.1, 0.15) is 25.7 Å². The fourth-order valence-electron chi connectivity index (χ4n) is 3.02. The van der Waals surface area contributed by atoms with Gasteiger partial charge < -0.3 is 16.4 Å². The Morgan fingerprint density at radius 2 is 2.23 bits per heavy atom. The number of hydrogen-bond acceptors (Lipinski definition) is 3. The van der Waals surface area contributed by atoms with Crippen molar-refractivity contribution in [2.24, 2.45) is 16.9 Å². The number of hydrogen-bond donors (Lipinski definition) is 2. The molecule has 0 radical (unpaired) electrons. The Balaban J connectivity index is 1.89. The van der Waals surface area contributed by atoms with Crippen LogP contribution in [0.3, 0.4) is 0 Å². The van der Waals surface area contributed by atoms with Gasteiger partial charge in [0.15, 0.2) is 0 Å². The molecule has 0 aromatic rings. The zero-order valence-electron chi connectivity index (χ0n) is 8.34. The van der Waals surface area contributed by atoms with Gasteiger partial charge >= 0.3 is 0 Å². The number of rotatable bonds is 2. The van der Waals surface area contributed by atoms with E-state index in [2.05, 4.69) is 4.90 Å². The minimum absolute atomic E-state index is 0.470. The van der Waals surface area contributed by atoms with Gasteiger partial charge in [-0.25, -0.2) is 0 Å². The third-order valence-electron chi connectivity index (χ3n) is 3.70. The zero-order chi connectivity index (χ0) is 9.31. The molecule has 0 unspecified atom stereocenters. The van der Waals surface area contributed by atoms with E-state index in [4.69, 9.17) is 11.5 Å². The second-order valence-corrected chi connectivity index (χ2v) is 4.82. The van der Waals surface area contributed by atoms with Gasteiger partial charge in [-0.05, 0) is 37.6 Å². The van der Waals surface area contributed by atoms with E-state index < -0.39 is 0 Å². The summed E-state index contributed by atoms with van der Waals surface area (Å²) in [6.07, 6.45) is 5.17. The van der Waals surface area contributed by atoms with Gasteiger partial charge in [-0.15, -0.1) is 0 Å². The Bertz CT molecular complexity index is 183. The van der Waals surface area contributed by atoms with Crippen molar-refractivity contribution in [3.05, 3.63) is 0 Å². The van der Waals surface area contributed by atoms with E-state index in [-0.39, 0.29) is 0 Å². The van der Waals surface area contributed by atoms with Gasteiger partial charge in [-0.2, -0.15) is 0 Å². The molecule has 1 aliphatic carbocycles. The van der Waals surface area contributed by atoms with E-state index in [9.17, 15) is 0 Å². The quantitative estimate of drug-likeness (QED) is 0.640. The second kappa shape index (κ2) is 3.56. The van der Waals surface area contributed by atoms with Crippen LogP contribution in [0.25, 0.3) is 0 Å². The summed E-state index contributed by atoms with van der Waals surface area (Å²) in [7, 11) is 0. The van der Waals surface area contributed by atoms with Crippen LogP contribution in [0.5, 0.6) is 0 Å². The van der Waals surface area contributed by atoms with Gasteiger partial charge in [-0.3, -0.25) is 0 Å². The highest BCUT2D eigenvalue weighted by molar-refractivity contribution is 4.97. The van der Waals surface area contributed by atoms with Crippen molar-refractivity contribution in [3.63, 3.8) is 0 Å². The molecule has 3 nitrogen and oxygen atoms in total. The molecule has 1 spiro atoms. The maximum absolute atomic E-state index is 5.97. The van der Waals surface area contributed by atoms with Crippen molar-refractivity contribution >= 4 is 0 Å². The van der Waals surface area contributed by atoms with Crippen LogP contribution < -0.4 is 11.5 Å². The van der Waals surface area contributed by atoms with E-state index in [1.165, 1.54) is 38.8 Å². The third kappa shape index (κ3) is 1.87. The molecule has 0 bridgehead atoms. The maximum Gasteiger partial charge on any atom is 0.0105 e. The molecular weight excluding hydrogens is 162 g/mol. The zero-order valence-corrected chi connectivity index (χ0v) is 8.34. The Kier molecular flexibility index (Phi) is 2.58. The average molecular weight is 183 g/mol. The second-order valence-electron chi connectivity index (χ2n) is 4.82. The molecule has 2 rings (SSSR count). The fraction of sp³-hybridized carbons (Fsp3) is 1.00. The molecule has 2 aliphatic rings. The van der Waals surface area contributed by atoms with E-state index in [1.54, 1.807) is 0 Å². The molecule has 0 aromatic carbocycles. The van der Waals surface area contributed by atoms with Crippen LogP contribution >= 0.6 is 0 Å². The van der Waals surface area contributed by atoms with Gasteiger partial charge in [0.25, 0.3) is 0 Å². The van der Waals surface area contributed by atoms with Crippen LogP contribution in [0.4, 0.5) is 0 Å².